The van der Waals surface area contributed by atoms with Crippen LogP contribution in [-0.4, -0.2) is 73.4 Å². The van der Waals surface area contributed by atoms with Crippen LogP contribution in [0.5, 0.6) is 5.75 Å². The quantitative estimate of drug-likeness (QED) is 0.139. The lowest BCUT2D eigenvalue weighted by atomic mass is 9.48. The first-order valence-corrected chi connectivity index (χ1v) is 19.9. The second-order valence-corrected chi connectivity index (χ2v) is 16.9. The maximum Gasteiger partial charge on any atom is 0.434 e. The Kier molecular flexibility index (Phi) is 8.61. The molecule has 15 heteroatoms. The van der Waals surface area contributed by atoms with E-state index >= 15 is 0 Å². The van der Waals surface area contributed by atoms with Gasteiger partial charge in [-0.25, -0.2) is 24.1 Å². The Morgan fingerprint density at radius 2 is 1.58 bits per heavy atom. The number of anilines is 1. The lowest BCUT2D eigenvalue weighted by Crippen LogP contribution is -2.70. The maximum absolute atomic E-state index is 14.9. The van der Waals surface area contributed by atoms with Crippen molar-refractivity contribution in [2.75, 3.05) is 18.0 Å². The number of rotatable bonds is 8. The maximum atomic E-state index is 14.9. The SMILES string of the molecule is O=C(NC1(C(=O)O)C2CC3CC(C2)CC1C3)c1ccc(-c2cn(C3CC4C=CC(C3)O4)c3cc(OC4CCN(c5ncc(F)cn5)CC4)ccc23)nc1C(F)(F)F. The topological polar surface area (TPSA) is 132 Å². The summed E-state index contributed by atoms with van der Waals surface area (Å²) in [4.78, 5) is 41.1. The fraction of sp³-hybridized carbons (Fsp3) is 0.500. The minimum Gasteiger partial charge on any atom is -0.490 e. The molecule has 2 unspecified atom stereocenters. The Morgan fingerprint density at radius 3 is 2.21 bits per heavy atom. The molecule has 0 radical (unpaired) electrons. The van der Waals surface area contributed by atoms with E-state index in [1.165, 1.54) is 6.07 Å². The molecule has 3 aromatic heterocycles. The zero-order valence-corrected chi connectivity index (χ0v) is 31.0. The van der Waals surface area contributed by atoms with Crippen LogP contribution in [0.1, 0.15) is 79.9 Å². The summed E-state index contributed by atoms with van der Waals surface area (Å²) in [5.74, 6) is -1.53. The van der Waals surface area contributed by atoms with Gasteiger partial charge in [-0.05, 0) is 92.9 Å². The third kappa shape index (κ3) is 6.32. The van der Waals surface area contributed by atoms with Crippen molar-refractivity contribution in [3.8, 4) is 17.0 Å². The number of alkyl halides is 3. The standard InChI is InChI=1S/C42H42F4N6O5/c43-26-19-47-40(48-20-26)51-9-7-28(8-10-51)56-31-3-4-32-34(21-52(36(32)18-31)27-16-29-1-2-30(17-27)57-29)35-6-5-33(37(49-35)42(44,45)46)38(53)50-41(39(54)55)24-12-22-11-23(14-24)15-25(41)13-22/h1-6,18-25,27-30H,7-17H2,(H,50,53)(H,54,55). The van der Waals surface area contributed by atoms with Gasteiger partial charge in [0.2, 0.25) is 5.95 Å². The van der Waals surface area contributed by atoms with E-state index in [9.17, 15) is 32.3 Å². The number of amides is 1. The first-order valence-electron chi connectivity index (χ1n) is 19.9. The van der Waals surface area contributed by atoms with Crippen LogP contribution in [0, 0.1) is 29.5 Å². The van der Waals surface area contributed by atoms with Crippen molar-refractivity contribution in [2.24, 2.45) is 23.7 Å². The molecule has 11 nitrogen and oxygen atoms in total. The fourth-order valence-corrected chi connectivity index (χ4v) is 11.1. The number of ether oxygens (including phenoxy) is 2. The molecule has 1 amide bonds. The number of aromatic nitrogens is 4. The molecule has 298 valence electrons. The van der Waals surface area contributed by atoms with E-state index in [4.69, 9.17) is 9.47 Å². The van der Waals surface area contributed by atoms with E-state index in [0.29, 0.717) is 98.9 Å². The van der Waals surface area contributed by atoms with Gasteiger partial charge in [0.1, 0.15) is 17.4 Å². The minimum atomic E-state index is -4.99. The molecule has 4 aliphatic carbocycles. The normalized spacial score (nSPS) is 30.6. The number of carbonyl (C=O) groups excluding carboxylic acids is 1. The van der Waals surface area contributed by atoms with E-state index < -0.39 is 40.7 Å². The Bertz CT molecular complexity index is 2230. The molecule has 6 bridgehead atoms. The monoisotopic (exact) mass is 786 g/mol. The number of hydrogen-bond donors (Lipinski definition) is 2. The molecular formula is C42H42F4N6O5. The number of benzene rings is 1. The van der Waals surface area contributed by atoms with Gasteiger partial charge < -0.3 is 29.4 Å². The average Bonchev–Trinajstić information content (AvgIpc) is 3.74. The molecule has 4 saturated carbocycles. The van der Waals surface area contributed by atoms with Crippen molar-refractivity contribution in [1.29, 1.82) is 0 Å². The van der Waals surface area contributed by atoms with Gasteiger partial charge in [0.25, 0.3) is 5.91 Å². The fourth-order valence-electron chi connectivity index (χ4n) is 11.1. The zero-order chi connectivity index (χ0) is 39.2. The van der Waals surface area contributed by atoms with Crippen LogP contribution in [-0.2, 0) is 15.7 Å². The summed E-state index contributed by atoms with van der Waals surface area (Å²) < 4.78 is 72.7. The highest BCUT2D eigenvalue weighted by molar-refractivity contribution is 6.00. The molecule has 57 heavy (non-hydrogen) atoms. The number of nitrogens with one attached hydrogen (secondary N) is 1. The minimum absolute atomic E-state index is 0.0190. The van der Waals surface area contributed by atoms with Crippen LogP contribution in [0.3, 0.4) is 0 Å². The van der Waals surface area contributed by atoms with E-state index in [0.717, 1.165) is 30.4 Å². The van der Waals surface area contributed by atoms with Gasteiger partial charge in [-0.1, -0.05) is 12.2 Å². The summed E-state index contributed by atoms with van der Waals surface area (Å²) in [5, 5.41) is 13.9. The molecular weight excluding hydrogens is 744 g/mol. The van der Waals surface area contributed by atoms with Crippen molar-refractivity contribution in [3.05, 3.63) is 78.1 Å². The molecule has 2 atom stereocenters. The number of pyridine rings is 1. The van der Waals surface area contributed by atoms with Gasteiger partial charge in [0, 0.05) is 55.2 Å². The zero-order valence-electron chi connectivity index (χ0n) is 31.0. The van der Waals surface area contributed by atoms with Gasteiger partial charge in [-0.15, -0.1) is 0 Å². The number of carboxylic acids is 1. The van der Waals surface area contributed by atoms with E-state index in [1.54, 1.807) is 0 Å². The molecule has 2 N–H and O–H groups in total. The van der Waals surface area contributed by atoms with Crippen molar-refractivity contribution >= 4 is 28.7 Å². The number of nitrogens with zero attached hydrogens (tertiary/aromatic N) is 5. The van der Waals surface area contributed by atoms with Crippen LogP contribution in [0.25, 0.3) is 22.2 Å². The molecule has 4 aromatic rings. The number of piperidine rings is 1. The number of fused-ring (bicyclic) bond motifs is 3. The predicted octanol–water partition coefficient (Wildman–Crippen LogP) is 7.37. The highest BCUT2D eigenvalue weighted by Gasteiger charge is 2.62. The lowest BCUT2D eigenvalue weighted by molar-refractivity contribution is -0.163. The Balaban J connectivity index is 0.963. The third-order valence-corrected chi connectivity index (χ3v) is 13.5. The van der Waals surface area contributed by atoms with E-state index in [2.05, 4.69) is 24.8 Å². The number of hydrogen-bond acceptors (Lipinski definition) is 8. The first kappa shape index (κ1) is 36.3. The van der Waals surface area contributed by atoms with E-state index in [-0.39, 0.29) is 41.9 Å². The van der Waals surface area contributed by atoms with Gasteiger partial charge in [0.05, 0.1) is 41.4 Å². The summed E-state index contributed by atoms with van der Waals surface area (Å²) >= 11 is 0. The summed E-state index contributed by atoms with van der Waals surface area (Å²) in [6, 6.07) is 8.10. The smallest absolute Gasteiger partial charge is 0.434 e. The summed E-state index contributed by atoms with van der Waals surface area (Å²) in [7, 11) is 0. The summed E-state index contributed by atoms with van der Waals surface area (Å²) in [5.41, 5.74) is -2.37. The molecule has 6 heterocycles. The number of halogens is 4. The Hall–Kier alpha value is -5.05. The molecule has 3 aliphatic heterocycles. The van der Waals surface area contributed by atoms with Crippen LogP contribution in [0.15, 0.2) is 61.1 Å². The molecule has 6 fully saturated rings. The number of carbonyl (C=O) groups is 2. The molecule has 0 spiro atoms. The van der Waals surface area contributed by atoms with Crippen molar-refractivity contribution in [3.63, 3.8) is 0 Å². The average molecular weight is 787 g/mol. The van der Waals surface area contributed by atoms with Crippen LogP contribution in [0.2, 0.25) is 0 Å². The Labute approximate surface area is 325 Å². The largest absolute Gasteiger partial charge is 0.490 e. The van der Waals surface area contributed by atoms with Crippen molar-refractivity contribution in [2.45, 2.75) is 93.9 Å². The molecule has 11 rings (SSSR count). The highest BCUT2D eigenvalue weighted by Crippen LogP contribution is 2.58. The molecule has 7 aliphatic rings. The van der Waals surface area contributed by atoms with Gasteiger partial charge in [-0.2, -0.15) is 13.2 Å². The second-order valence-electron chi connectivity index (χ2n) is 16.9. The molecule has 2 saturated heterocycles. The number of aliphatic carboxylic acids is 1. The lowest BCUT2D eigenvalue weighted by Gasteiger charge is -2.59. The van der Waals surface area contributed by atoms with Gasteiger partial charge >= 0.3 is 12.1 Å². The highest BCUT2D eigenvalue weighted by atomic mass is 19.4. The predicted molar refractivity (Wildman–Crippen MR) is 199 cm³/mol. The van der Waals surface area contributed by atoms with Crippen LogP contribution < -0.4 is 15.0 Å². The molecule has 1 aromatic carbocycles. The second kappa shape index (κ2) is 13.5. The van der Waals surface area contributed by atoms with Crippen LogP contribution >= 0.6 is 0 Å². The van der Waals surface area contributed by atoms with Crippen LogP contribution in [0.4, 0.5) is 23.5 Å². The summed E-state index contributed by atoms with van der Waals surface area (Å²) in [6.45, 7) is 1.25. The van der Waals surface area contributed by atoms with Crippen molar-refractivity contribution < 1.29 is 41.7 Å². The van der Waals surface area contributed by atoms with Gasteiger partial charge in [0.15, 0.2) is 11.5 Å². The van der Waals surface area contributed by atoms with Crippen molar-refractivity contribution in [1.82, 2.24) is 24.8 Å². The summed E-state index contributed by atoms with van der Waals surface area (Å²) in [6.07, 6.45) is 9.35. The number of carboxylic acid groups (broad SMARTS) is 1. The van der Waals surface area contributed by atoms with E-state index in [1.807, 2.05) is 41.4 Å². The third-order valence-electron chi connectivity index (χ3n) is 13.5. The Morgan fingerprint density at radius 1 is 0.912 bits per heavy atom. The van der Waals surface area contributed by atoms with Gasteiger partial charge in [-0.3, -0.25) is 4.79 Å². The first-order chi connectivity index (χ1) is 27.4.